The van der Waals surface area contributed by atoms with Gasteiger partial charge in [0, 0.05) is 17.3 Å². The summed E-state index contributed by atoms with van der Waals surface area (Å²) in [5.41, 5.74) is -2.62. The summed E-state index contributed by atoms with van der Waals surface area (Å²) in [4.78, 5) is 0. The van der Waals surface area contributed by atoms with E-state index in [1.54, 1.807) is 24.3 Å². The Morgan fingerprint density at radius 3 is 1.96 bits per heavy atom. The molecule has 0 radical (unpaired) electrons. The van der Waals surface area contributed by atoms with Crippen LogP contribution in [0.2, 0.25) is 5.02 Å². The Hall–Kier alpha value is -2.00. The molecule has 2 N–H and O–H groups in total. The zero-order valence-corrected chi connectivity index (χ0v) is 14.4. The molecular formula is C16H11ClF6N2S. The van der Waals surface area contributed by atoms with E-state index in [1.807, 2.05) is 0 Å². The Kier molecular flexibility index (Phi) is 6.02. The summed E-state index contributed by atoms with van der Waals surface area (Å²) >= 11 is 10.9. The van der Waals surface area contributed by atoms with Gasteiger partial charge in [0.05, 0.1) is 11.1 Å². The lowest BCUT2D eigenvalue weighted by Gasteiger charge is -2.16. The summed E-state index contributed by atoms with van der Waals surface area (Å²) in [7, 11) is 0. The molecule has 0 aliphatic carbocycles. The summed E-state index contributed by atoms with van der Waals surface area (Å²) < 4.78 is 77.0. The van der Waals surface area contributed by atoms with Crippen molar-refractivity contribution in [1.29, 1.82) is 0 Å². The molecule has 2 aromatic carbocycles. The molecule has 10 heteroatoms. The minimum absolute atomic E-state index is 0.0470. The number of hydrogen-bond donors (Lipinski definition) is 2. The molecule has 140 valence electrons. The van der Waals surface area contributed by atoms with Gasteiger partial charge in [0.25, 0.3) is 0 Å². The largest absolute Gasteiger partial charge is 0.416 e. The highest BCUT2D eigenvalue weighted by atomic mass is 35.5. The second-order valence-corrected chi connectivity index (χ2v) is 6.01. The second kappa shape index (κ2) is 7.71. The van der Waals surface area contributed by atoms with Crippen LogP contribution in [0.25, 0.3) is 0 Å². The third-order valence-corrected chi connectivity index (χ3v) is 3.86. The Morgan fingerprint density at radius 1 is 0.923 bits per heavy atom. The minimum Gasteiger partial charge on any atom is -0.358 e. The fraction of sp³-hybridized carbons (Fsp3) is 0.188. The first-order valence-electron chi connectivity index (χ1n) is 7.04. The van der Waals surface area contributed by atoms with E-state index in [9.17, 15) is 26.3 Å². The van der Waals surface area contributed by atoms with Gasteiger partial charge in [-0.1, -0.05) is 29.8 Å². The first-order chi connectivity index (χ1) is 12.0. The fourth-order valence-electron chi connectivity index (χ4n) is 2.02. The molecule has 0 saturated heterocycles. The van der Waals surface area contributed by atoms with Gasteiger partial charge in [-0.15, -0.1) is 0 Å². The van der Waals surface area contributed by atoms with E-state index >= 15 is 0 Å². The topological polar surface area (TPSA) is 24.1 Å². The maximum atomic E-state index is 12.8. The molecule has 0 atom stereocenters. The van der Waals surface area contributed by atoms with E-state index in [1.165, 1.54) is 0 Å². The van der Waals surface area contributed by atoms with Crippen molar-refractivity contribution in [2.24, 2.45) is 0 Å². The van der Waals surface area contributed by atoms with Crippen molar-refractivity contribution in [3.63, 3.8) is 0 Å². The normalized spacial score (nSPS) is 12.0. The van der Waals surface area contributed by atoms with Crippen LogP contribution in [0, 0.1) is 0 Å². The van der Waals surface area contributed by atoms with Gasteiger partial charge in [-0.3, -0.25) is 0 Å². The monoisotopic (exact) mass is 412 g/mol. The Balaban J connectivity index is 2.17. The van der Waals surface area contributed by atoms with Crippen LogP contribution >= 0.6 is 23.8 Å². The average molecular weight is 413 g/mol. The van der Waals surface area contributed by atoms with E-state index < -0.39 is 29.2 Å². The zero-order chi connectivity index (χ0) is 19.5. The molecule has 0 heterocycles. The van der Waals surface area contributed by atoms with E-state index in [0.29, 0.717) is 22.7 Å². The van der Waals surface area contributed by atoms with Crippen LogP contribution in [-0.4, -0.2) is 5.11 Å². The molecule has 2 nitrogen and oxygen atoms in total. The molecule has 0 saturated carbocycles. The van der Waals surface area contributed by atoms with Crippen LogP contribution in [0.15, 0.2) is 42.5 Å². The molecule has 26 heavy (non-hydrogen) atoms. The van der Waals surface area contributed by atoms with Crippen LogP contribution in [0.5, 0.6) is 0 Å². The van der Waals surface area contributed by atoms with E-state index in [0.717, 1.165) is 0 Å². The van der Waals surface area contributed by atoms with Crippen LogP contribution in [0.3, 0.4) is 0 Å². The van der Waals surface area contributed by atoms with Crippen molar-refractivity contribution >= 4 is 34.6 Å². The molecule has 0 fully saturated rings. The number of benzene rings is 2. The Morgan fingerprint density at radius 2 is 1.46 bits per heavy atom. The number of anilines is 1. The van der Waals surface area contributed by atoms with Gasteiger partial charge in [0.2, 0.25) is 0 Å². The van der Waals surface area contributed by atoms with Crippen LogP contribution in [0.1, 0.15) is 16.7 Å². The molecular weight excluding hydrogens is 402 g/mol. The summed E-state index contributed by atoms with van der Waals surface area (Å²) in [5, 5.41) is 5.32. The molecule has 0 spiro atoms. The van der Waals surface area contributed by atoms with Gasteiger partial charge in [-0.05, 0) is 42.0 Å². The molecule has 0 amide bonds. The van der Waals surface area contributed by atoms with Crippen molar-refractivity contribution in [2.45, 2.75) is 18.9 Å². The number of nitrogens with one attached hydrogen (secondary N) is 2. The van der Waals surface area contributed by atoms with Crippen LogP contribution in [0.4, 0.5) is 32.0 Å². The van der Waals surface area contributed by atoms with Crippen molar-refractivity contribution in [2.75, 3.05) is 5.32 Å². The predicted molar refractivity (Wildman–Crippen MR) is 91.0 cm³/mol. The van der Waals surface area contributed by atoms with Gasteiger partial charge in [0.15, 0.2) is 5.11 Å². The van der Waals surface area contributed by atoms with Gasteiger partial charge >= 0.3 is 12.4 Å². The van der Waals surface area contributed by atoms with Gasteiger partial charge in [-0.25, -0.2) is 0 Å². The van der Waals surface area contributed by atoms with Crippen LogP contribution < -0.4 is 10.6 Å². The first kappa shape index (κ1) is 20.3. The lowest BCUT2D eigenvalue weighted by Crippen LogP contribution is -2.28. The summed E-state index contributed by atoms with van der Waals surface area (Å²) in [6.07, 6.45) is -9.85. The number of halogens is 7. The smallest absolute Gasteiger partial charge is 0.358 e. The molecule has 0 bridgehead atoms. The fourth-order valence-corrected chi connectivity index (χ4v) is 2.41. The Labute approximate surface area is 155 Å². The third kappa shape index (κ3) is 5.50. The predicted octanol–water partition coefficient (Wildman–Crippen LogP) is 5.86. The highest BCUT2D eigenvalue weighted by molar-refractivity contribution is 7.80. The lowest BCUT2D eigenvalue weighted by atomic mass is 10.1. The highest BCUT2D eigenvalue weighted by Crippen LogP contribution is 2.37. The number of hydrogen-bond acceptors (Lipinski definition) is 1. The van der Waals surface area contributed by atoms with E-state index in [-0.39, 0.29) is 17.7 Å². The third-order valence-electron chi connectivity index (χ3n) is 3.24. The summed E-state index contributed by atoms with van der Waals surface area (Å²) in [5.74, 6) is 0. The van der Waals surface area contributed by atoms with Crippen LogP contribution in [-0.2, 0) is 18.9 Å². The maximum absolute atomic E-state index is 12.8. The maximum Gasteiger partial charge on any atom is 0.416 e. The number of rotatable bonds is 3. The molecule has 0 aromatic heterocycles. The molecule has 0 unspecified atom stereocenters. The lowest BCUT2D eigenvalue weighted by molar-refractivity contribution is -0.143. The number of alkyl halides is 6. The van der Waals surface area contributed by atoms with Gasteiger partial charge in [-0.2, -0.15) is 26.3 Å². The standard InChI is InChI=1S/C16H11ClF6N2S/c17-13-4-2-1-3-9(13)8-24-14(26)25-12-6-10(15(18,19)20)5-11(7-12)16(21,22)23/h1-7H,8H2,(H2,24,25,26). The SMILES string of the molecule is FC(F)(F)c1cc(NC(=S)NCc2ccccc2Cl)cc(C(F)(F)F)c1. The highest BCUT2D eigenvalue weighted by Gasteiger charge is 2.37. The second-order valence-electron chi connectivity index (χ2n) is 5.19. The average Bonchev–Trinajstić information content (AvgIpc) is 2.52. The number of thiocarbonyl (C=S) groups is 1. The van der Waals surface area contributed by atoms with Crippen molar-refractivity contribution < 1.29 is 26.3 Å². The minimum atomic E-state index is -4.93. The molecule has 2 rings (SSSR count). The molecule has 0 aliphatic heterocycles. The van der Waals surface area contributed by atoms with Crippen molar-refractivity contribution in [1.82, 2.24) is 5.32 Å². The quantitative estimate of drug-likeness (QED) is 0.487. The van der Waals surface area contributed by atoms with Crippen molar-refractivity contribution in [3.8, 4) is 0 Å². The summed E-state index contributed by atoms with van der Waals surface area (Å²) in [6, 6.07) is 7.93. The van der Waals surface area contributed by atoms with E-state index in [2.05, 4.69) is 10.6 Å². The van der Waals surface area contributed by atoms with Gasteiger partial charge in [0.1, 0.15) is 0 Å². The van der Waals surface area contributed by atoms with Gasteiger partial charge < -0.3 is 10.6 Å². The van der Waals surface area contributed by atoms with Crippen molar-refractivity contribution in [3.05, 3.63) is 64.2 Å². The summed E-state index contributed by atoms with van der Waals surface area (Å²) in [6.45, 7) is 0.149. The molecule has 2 aromatic rings. The molecule has 0 aliphatic rings. The Bertz CT molecular complexity index is 772. The zero-order valence-electron chi connectivity index (χ0n) is 12.8. The first-order valence-corrected chi connectivity index (χ1v) is 7.83. The van der Waals surface area contributed by atoms with E-state index in [4.69, 9.17) is 23.8 Å².